The second-order valence-corrected chi connectivity index (χ2v) is 8.20. The first kappa shape index (κ1) is 16.9. The van der Waals surface area contributed by atoms with Gasteiger partial charge in [0.1, 0.15) is 0 Å². The van der Waals surface area contributed by atoms with Crippen molar-refractivity contribution in [2.45, 2.75) is 18.4 Å². The Hall–Kier alpha value is -0.470. The Bertz CT molecular complexity index is 611. The van der Waals surface area contributed by atoms with Gasteiger partial charge in [-0.2, -0.15) is 4.31 Å². The highest BCUT2D eigenvalue weighted by molar-refractivity contribution is 9.10. The number of sulfonamides is 1. The molecule has 0 bridgehead atoms. The molecule has 0 aliphatic carbocycles. The summed E-state index contributed by atoms with van der Waals surface area (Å²) in [5.41, 5.74) is 1.73. The van der Waals surface area contributed by atoms with Gasteiger partial charge in [-0.3, -0.25) is 0 Å². The van der Waals surface area contributed by atoms with Gasteiger partial charge < -0.3 is 10.2 Å². The van der Waals surface area contributed by atoms with Crippen LogP contribution in [0.2, 0.25) is 0 Å². The normalized spacial score (nSPS) is 18.1. The molecule has 1 aromatic rings. The monoisotopic (exact) mass is 375 g/mol. The number of rotatable bonds is 4. The zero-order valence-electron chi connectivity index (χ0n) is 12.7. The molecule has 0 spiro atoms. The lowest BCUT2D eigenvalue weighted by molar-refractivity contribution is 0.222. The number of hydrogen-bond donors (Lipinski definition) is 1. The first-order valence-electron chi connectivity index (χ1n) is 6.98. The van der Waals surface area contributed by atoms with Gasteiger partial charge in [-0.25, -0.2) is 8.42 Å². The third-order valence-corrected chi connectivity index (χ3v) is 6.67. The Morgan fingerprint density at radius 3 is 2.43 bits per heavy atom. The molecule has 1 aliphatic heterocycles. The Labute approximate surface area is 135 Å². The van der Waals surface area contributed by atoms with Gasteiger partial charge in [-0.1, -0.05) is 15.9 Å². The molecular weight excluding hydrogens is 354 g/mol. The first-order valence-corrected chi connectivity index (χ1v) is 9.22. The topological polar surface area (TPSA) is 52.7 Å². The zero-order valence-corrected chi connectivity index (χ0v) is 15.1. The van der Waals surface area contributed by atoms with E-state index >= 15 is 0 Å². The highest BCUT2D eigenvalue weighted by atomic mass is 79.9. The maximum atomic E-state index is 12.9. The van der Waals surface area contributed by atoms with Crippen LogP contribution < -0.4 is 5.32 Å². The smallest absolute Gasteiger partial charge is 0.243 e. The number of halogens is 1. The third kappa shape index (κ3) is 3.65. The molecule has 0 aromatic heterocycles. The highest BCUT2D eigenvalue weighted by Gasteiger charge is 2.29. The Balaban J connectivity index is 2.39. The minimum absolute atomic E-state index is 0.409. The minimum Gasteiger partial charge on any atom is -0.316 e. The van der Waals surface area contributed by atoms with Crippen molar-refractivity contribution < 1.29 is 8.42 Å². The molecule has 0 amide bonds. The van der Waals surface area contributed by atoms with E-state index in [1.807, 2.05) is 27.1 Å². The van der Waals surface area contributed by atoms with Crippen molar-refractivity contribution in [2.75, 3.05) is 40.3 Å². The largest absolute Gasteiger partial charge is 0.316 e. The maximum absolute atomic E-state index is 12.9. The van der Waals surface area contributed by atoms with Crippen molar-refractivity contribution in [1.29, 1.82) is 0 Å². The van der Waals surface area contributed by atoms with E-state index in [2.05, 4.69) is 26.1 Å². The van der Waals surface area contributed by atoms with Crippen molar-refractivity contribution in [1.82, 2.24) is 14.5 Å². The van der Waals surface area contributed by atoms with E-state index in [0.29, 0.717) is 24.5 Å². The van der Waals surface area contributed by atoms with Crippen LogP contribution in [0.15, 0.2) is 21.5 Å². The van der Waals surface area contributed by atoms with Crippen LogP contribution >= 0.6 is 15.9 Å². The minimum atomic E-state index is -3.43. The standard InChI is InChI=1S/C14H22BrN3O2S/c1-11-13(15)8-12(10-16-2)9-14(11)21(19,20)18-6-4-17(3)5-7-18/h8-9,16H,4-7,10H2,1-3H3. The summed E-state index contributed by atoms with van der Waals surface area (Å²) in [6.45, 7) is 5.13. The number of benzene rings is 1. The average molecular weight is 376 g/mol. The lowest BCUT2D eigenvalue weighted by Gasteiger charge is -2.32. The van der Waals surface area contributed by atoms with Gasteiger partial charge >= 0.3 is 0 Å². The summed E-state index contributed by atoms with van der Waals surface area (Å²) in [6, 6.07) is 3.75. The molecule has 5 nitrogen and oxygen atoms in total. The molecule has 1 aromatic carbocycles. The third-order valence-electron chi connectivity index (χ3n) is 3.82. The molecule has 118 valence electrons. The molecule has 7 heteroatoms. The van der Waals surface area contributed by atoms with Crippen molar-refractivity contribution in [3.63, 3.8) is 0 Å². The summed E-state index contributed by atoms with van der Waals surface area (Å²) in [5.74, 6) is 0. The van der Waals surface area contributed by atoms with Gasteiger partial charge in [0.25, 0.3) is 0 Å². The lowest BCUT2D eigenvalue weighted by Crippen LogP contribution is -2.47. The summed E-state index contributed by atoms with van der Waals surface area (Å²) >= 11 is 3.47. The van der Waals surface area contributed by atoms with Crippen LogP contribution in [0.3, 0.4) is 0 Å². The van der Waals surface area contributed by atoms with Crippen LogP contribution in [0.4, 0.5) is 0 Å². The SMILES string of the molecule is CNCc1cc(Br)c(C)c(S(=O)(=O)N2CCN(C)CC2)c1. The summed E-state index contributed by atoms with van der Waals surface area (Å²) < 4.78 is 28.2. The predicted octanol–water partition coefficient (Wildman–Crippen LogP) is 1.41. The highest BCUT2D eigenvalue weighted by Crippen LogP contribution is 2.28. The Morgan fingerprint density at radius 2 is 1.86 bits per heavy atom. The van der Waals surface area contributed by atoms with E-state index in [4.69, 9.17) is 0 Å². The van der Waals surface area contributed by atoms with Crippen molar-refractivity contribution >= 4 is 26.0 Å². The van der Waals surface area contributed by atoms with Crippen LogP contribution in [-0.4, -0.2) is 57.9 Å². The second kappa shape index (κ2) is 6.75. The number of likely N-dealkylation sites (N-methyl/N-ethyl adjacent to an activating group) is 1. The van der Waals surface area contributed by atoms with Crippen LogP contribution in [0.25, 0.3) is 0 Å². The van der Waals surface area contributed by atoms with Crippen LogP contribution in [0.1, 0.15) is 11.1 Å². The molecule has 1 N–H and O–H groups in total. The van der Waals surface area contributed by atoms with Crippen molar-refractivity contribution in [3.8, 4) is 0 Å². The van der Waals surface area contributed by atoms with Gasteiger partial charge in [0.15, 0.2) is 0 Å². The fourth-order valence-corrected chi connectivity index (χ4v) is 4.81. The molecule has 1 heterocycles. The average Bonchev–Trinajstić information content (AvgIpc) is 2.43. The number of hydrogen-bond acceptors (Lipinski definition) is 4. The van der Waals surface area contributed by atoms with Crippen LogP contribution in [0, 0.1) is 6.92 Å². The first-order chi connectivity index (χ1) is 9.86. The molecule has 0 unspecified atom stereocenters. The van der Waals surface area contributed by atoms with Crippen molar-refractivity contribution in [2.24, 2.45) is 0 Å². The summed E-state index contributed by atoms with van der Waals surface area (Å²) in [5, 5.41) is 3.06. The molecule has 0 radical (unpaired) electrons. The molecule has 0 atom stereocenters. The van der Waals surface area contributed by atoms with E-state index in [1.165, 1.54) is 0 Å². The summed E-state index contributed by atoms with van der Waals surface area (Å²) in [7, 11) is 0.432. The lowest BCUT2D eigenvalue weighted by atomic mass is 10.1. The number of nitrogens with zero attached hydrogens (tertiary/aromatic N) is 2. The fourth-order valence-electron chi connectivity index (χ4n) is 2.45. The predicted molar refractivity (Wildman–Crippen MR) is 87.9 cm³/mol. The summed E-state index contributed by atoms with van der Waals surface area (Å²) in [6.07, 6.45) is 0. The molecular formula is C14H22BrN3O2S. The number of piperazine rings is 1. The van der Waals surface area contributed by atoms with Gasteiger partial charge in [0, 0.05) is 37.2 Å². The maximum Gasteiger partial charge on any atom is 0.243 e. The Kier molecular flexibility index (Phi) is 5.43. The Morgan fingerprint density at radius 1 is 1.24 bits per heavy atom. The molecule has 21 heavy (non-hydrogen) atoms. The van der Waals surface area contributed by atoms with Crippen molar-refractivity contribution in [3.05, 3.63) is 27.7 Å². The van der Waals surface area contributed by atoms with E-state index in [1.54, 1.807) is 10.4 Å². The second-order valence-electron chi connectivity index (χ2n) is 5.44. The van der Waals surface area contributed by atoms with E-state index in [-0.39, 0.29) is 0 Å². The summed E-state index contributed by atoms with van der Waals surface area (Å²) in [4.78, 5) is 2.55. The van der Waals surface area contributed by atoms with E-state index in [0.717, 1.165) is 28.7 Å². The molecule has 0 saturated carbocycles. The molecule has 1 fully saturated rings. The van der Waals surface area contributed by atoms with Gasteiger partial charge in [0.05, 0.1) is 4.90 Å². The zero-order chi connectivity index (χ0) is 15.6. The van der Waals surface area contributed by atoms with Gasteiger partial charge in [-0.15, -0.1) is 0 Å². The van der Waals surface area contributed by atoms with E-state index in [9.17, 15) is 8.42 Å². The molecule has 2 rings (SSSR count). The fraction of sp³-hybridized carbons (Fsp3) is 0.571. The van der Waals surface area contributed by atoms with Gasteiger partial charge in [0.2, 0.25) is 10.0 Å². The molecule has 1 saturated heterocycles. The van der Waals surface area contributed by atoms with Crippen LogP contribution in [-0.2, 0) is 16.6 Å². The number of nitrogens with one attached hydrogen (secondary N) is 1. The quantitative estimate of drug-likeness (QED) is 0.864. The van der Waals surface area contributed by atoms with Gasteiger partial charge in [-0.05, 0) is 44.3 Å². The van der Waals surface area contributed by atoms with E-state index < -0.39 is 10.0 Å². The molecule has 1 aliphatic rings. The van der Waals surface area contributed by atoms with Crippen LogP contribution in [0.5, 0.6) is 0 Å².